The van der Waals surface area contributed by atoms with Crippen molar-refractivity contribution in [2.24, 2.45) is 0 Å². The van der Waals surface area contributed by atoms with Gasteiger partial charge >= 0.3 is 5.82 Å². The number of rotatable bonds is 3. The van der Waals surface area contributed by atoms with E-state index in [-0.39, 0.29) is 5.69 Å². The summed E-state index contributed by atoms with van der Waals surface area (Å²) in [6, 6.07) is 7.14. The minimum Gasteiger partial charge on any atom is -0.358 e. The number of H-pyrrole nitrogens is 1. The van der Waals surface area contributed by atoms with E-state index in [1.54, 1.807) is 12.1 Å². The maximum Gasteiger partial charge on any atom is 0.353 e. The Kier molecular flexibility index (Phi) is 3.05. The maximum absolute atomic E-state index is 11.9. The van der Waals surface area contributed by atoms with Crippen LogP contribution in [0.4, 0.5) is 11.5 Å². The average Bonchev–Trinajstić information content (AvgIpc) is 2.81. The van der Waals surface area contributed by atoms with E-state index in [0.29, 0.717) is 5.69 Å². The summed E-state index contributed by atoms with van der Waals surface area (Å²) < 4.78 is 0. The van der Waals surface area contributed by atoms with E-state index in [9.17, 15) is 14.9 Å². The number of hydrogen-bond acceptors (Lipinski definition) is 4. The van der Waals surface area contributed by atoms with Gasteiger partial charge in [-0.3, -0.25) is 4.79 Å². The number of aryl methyl sites for hydroxylation is 1. The zero-order chi connectivity index (χ0) is 13.1. The van der Waals surface area contributed by atoms with E-state index < -0.39 is 16.6 Å². The van der Waals surface area contributed by atoms with Crippen LogP contribution >= 0.6 is 0 Å². The fourth-order valence-corrected chi connectivity index (χ4v) is 1.49. The van der Waals surface area contributed by atoms with Crippen molar-refractivity contribution in [2.45, 2.75) is 6.92 Å². The monoisotopic (exact) mass is 246 g/mol. The lowest BCUT2D eigenvalue weighted by molar-refractivity contribution is -0.389. The highest BCUT2D eigenvalue weighted by Crippen LogP contribution is 2.17. The zero-order valence-electron chi connectivity index (χ0n) is 9.51. The van der Waals surface area contributed by atoms with Gasteiger partial charge in [-0.15, -0.1) is 0 Å². The molecule has 0 atom stereocenters. The number of para-hydroxylation sites is 1. The second-order valence-electron chi connectivity index (χ2n) is 3.63. The van der Waals surface area contributed by atoms with Gasteiger partial charge in [0.25, 0.3) is 5.91 Å². The van der Waals surface area contributed by atoms with Crippen LogP contribution in [0.25, 0.3) is 0 Å². The zero-order valence-corrected chi connectivity index (χ0v) is 9.51. The predicted molar refractivity (Wildman–Crippen MR) is 64.4 cm³/mol. The Morgan fingerprint density at radius 1 is 1.44 bits per heavy atom. The van der Waals surface area contributed by atoms with Crippen molar-refractivity contribution in [3.05, 3.63) is 52.0 Å². The molecule has 0 aliphatic carbocycles. The van der Waals surface area contributed by atoms with Gasteiger partial charge in [0.2, 0.25) is 5.69 Å². The van der Waals surface area contributed by atoms with Gasteiger partial charge in [-0.1, -0.05) is 18.2 Å². The molecule has 18 heavy (non-hydrogen) atoms. The molecule has 0 bridgehead atoms. The topological polar surface area (TPSA) is 101 Å². The van der Waals surface area contributed by atoms with Crippen molar-refractivity contribution in [1.82, 2.24) is 9.97 Å². The van der Waals surface area contributed by atoms with Gasteiger partial charge in [-0.25, -0.2) is 9.97 Å². The van der Waals surface area contributed by atoms with Crippen molar-refractivity contribution in [3.63, 3.8) is 0 Å². The van der Waals surface area contributed by atoms with Crippen molar-refractivity contribution in [2.75, 3.05) is 5.32 Å². The third-order valence-corrected chi connectivity index (χ3v) is 2.41. The number of benzene rings is 1. The molecule has 2 rings (SSSR count). The van der Waals surface area contributed by atoms with Crippen LogP contribution in [0, 0.1) is 17.0 Å². The van der Waals surface area contributed by atoms with Gasteiger partial charge in [0, 0.05) is 5.69 Å². The second-order valence-corrected chi connectivity index (χ2v) is 3.63. The van der Waals surface area contributed by atoms with Gasteiger partial charge in [0.05, 0.1) is 0 Å². The molecule has 0 unspecified atom stereocenters. The first-order valence-electron chi connectivity index (χ1n) is 5.14. The number of nitrogens with zero attached hydrogens (tertiary/aromatic N) is 2. The number of carbonyl (C=O) groups is 1. The molecule has 7 heteroatoms. The highest BCUT2D eigenvalue weighted by molar-refractivity contribution is 6.05. The SMILES string of the molecule is Cc1ccccc1NC(=O)c1nc[nH]c1[N+](=O)[O-]. The molecule has 1 aromatic heterocycles. The Balaban J connectivity index is 2.25. The molecule has 2 aromatic rings. The normalized spacial score (nSPS) is 10.1. The summed E-state index contributed by atoms with van der Waals surface area (Å²) >= 11 is 0. The lowest BCUT2D eigenvalue weighted by atomic mass is 10.2. The number of imidazole rings is 1. The summed E-state index contributed by atoms with van der Waals surface area (Å²) in [5.41, 5.74) is 1.23. The standard InChI is InChI=1S/C11H10N4O3/c1-7-4-2-3-5-8(7)14-11(16)9-10(15(17)18)13-6-12-9/h2-6H,1H3,(H,12,13)(H,14,16). The lowest BCUT2D eigenvalue weighted by Gasteiger charge is -2.06. The first-order chi connectivity index (χ1) is 8.59. The quantitative estimate of drug-likeness (QED) is 0.637. The Labute approximate surface area is 102 Å². The number of anilines is 1. The van der Waals surface area contributed by atoms with E-state index in [2.05, 4.69) is 15.3 Å². The molecule has 0 aliphatic heterocycles. The molecule has 0 saturated heterocycles. The van der Waals surface area contributed by atoms with Crippen LogP contribution < -0.4 is 5.32 Å². The van der Waals surface area contributed by atoms with Gasteiger partial charge in [-0.05, 0) is 23.5 Å². The van der Waals surface area contributed by atoms with Crippen LogP contribution in [-0.2, 0) is 0 Å². The van der Waals surface area contributed by atoms with Crippen LogP contribution in [-0.4, -0.2) is 20.8 Å². The first-order valence-corrected chi connectivity index (χ1v) is 5.14. The maximum atomic E-state index is 11.9. The van der Waals surface area contributed by atoms with Crippen molar-refractivity contribution in [3.8, 4) is 0 Å². The number of nitro groups is 1. The highest BCUT2D eigenvalue weighted by atomic mass is 16.6. The summed E-state index contributed by atoms with van der Waals surface area (Å²) in [5.74, 6) is -1.03. The van der Waals surface area contributed by atoms with Crippen LogP contribution in [0.3, 0.4) is 0 Å². The molecule has 0 aliphatic rings. The third-order valence-electron chi connectivity index (χ3n) is 2.41. The molecule has 92 valence electrons. The predicted octanol–water partition coefficient (Wildman–Crippen LogP) is 1.88. The second kappa shape index (κ2) is 4.66. The molecule has 1 aromatic carbocycles. The molecule has 0 spiro atoms. The van der Waals surface area contributed by atoms with E-state index in [1.807, 2.05) is 19.1 Å². The summed E-state index contributed by atoms with van der Waals surface area (Å²) in [7, 11) is 0. The van der Waals surface area contributed by atoms with E-state index in [4.69, 9.17) is 0 Å². The van der Waals surface area contributed by atoms with Crippen LogP contribution in [0.2, 0.25) is 0 Å². The molecule has 1 amide bonds. The smallest absolute Gasteiger partial charge is 0.353 e. The van der Waals surface area contributed by atoms with Crippen LogP contribution in [0.5, 0.6) is 0 Å². The molecular formula is C11H10N4O3. The number of carbonyl (C=O) groups excluding carboxylic acids is 1. The minimum absolute atomic E-state index is 0.233. The van der Waals surface area contributed by atoms with Crippen molar-refractivity contribution in [1.29, 1.82) is 0 Å². The molecule has 0 radical (unpaired) electrons. The molecule has 0 fully saturated rings. The number of hydrogen-bond donors (Lipinski definition) is 2. The van der Waals surface area contributed by atoms with Crippen LogP contribution in [0.15, 0.2) is 30.6 Å². The number of aromatic nitrogens is 2. The number of nitrogens with one attached hydrogen (secondary N) is 2. The van der Waals surface area contributed by atoms with E-state index >= 15 is 0 Å². The number of amides is 1. The Morgan fingerprint density at radius 2 is 2.17 bits per heavy atom. The van der Waals surface area contributed by atoms with Gasteiger partial charge in [0.15, 0.2) is 6.33 Å². The third kappa shape index (κ3) is 2.19. The largest absolute Gasteiger partial charge is 0.358 e. The lowest BCUT2D eigenvalue weighted by Crippen LogP contribution is -2.14. The average molecular weight is 246 g/mol. The summed E-state index contributed by atoms with van der Waals surface area (Å²) in [6.45, 7) is 1.83. The Bertz CT molecular complexity index is 606. The molecule has 2 N–H and O–H groups in total. The van der Waals surface area contributed by atoms with Crippen LogP contribution in [0.1, 0.15) is 16.1 Å². The number of aromatic amines is 1. The Morgan fingerprint density at radius 3 is 2.83 bits per heavy atom. The molecule has 0 saturated carbocycles. The van der Waals surface area contributed by atoms with Gasteiger partial charge in [-0.2, -0.15) is 0 Å². The highest BCUT2D eigenvalue weighted by Gasteiger charge is 2.22. The molecule has 7 nitrogen and oxygen atoms in total. The molecule has 1 heterocycles. The van der Waals surface area contributed by atoms with E-state index in [1.165, 1.54) is 0 Å². The Hall–Kier alpha value is -2.70. The summed E-state index contributed by atoms with van der Waals surface area (Å²) in [6.07, 6.45) is 1.12. The fourth-order valence-electron chi connectivity index (χ4n) is 1.49. The first kappa shape index (κ1) is 11.8. The van der Waals surface area contributed by atoms with Crippen molar-refractivity contribution >= 4 is 17.4 Å². The minimum atomic E-state index is -0.681. The van der Waals surface area contributed by atoms with Crippen molar-refractivity contribution < 1.29 is 9.72 Å². The summed E-state index contributed by atoms with van der Waals surface area (Å²) in [5, 5.41) is 13.2. The summed E-state index contributed by atoms with van der Waals surface area (Å²) in [4.78, 5) is 27.8. The molecular weight excluding hydrogens is 236 g/mol. The fraction of sp³-hybridized carbons (Fsp3) is 0.0909. The van der Waals surface area contributed by atoms with Gasteiger partial charge in [0.1, 0.15) is 0 Å². The van der Waals surface area contributed by atoms with E-state index in [0.717, 1.165) is 11.9 Å². The van der Waals surface area contributed by atoms with Gasteiger partial charge < -0.3 is 15.4 Å².